The first-order chi connectivity index (χ1) is 42.7. The highest BCUT2D eigenvalue weighted by Crippen LogP contribution is 2.41. The number of hydrogen-bond donors (Lipinski definition) is 4. The fraction of sp³-hybridized carbons (Fsp3) is 0.493. The Bertz CT molecular complexity index is 3500. The van der Waals surface area contributed by atoms with E-state index in [1.165, 1.54) is 4.90 Å². The molecule has 6 atom stereocenters. The molecule has 21 heteroatoms. The number of nitrogens with one attached hydrogen (secondary N) is 1. The number of pyridine rings is 1. The van der Waals surface area contributed by atoms with Crippen molar-refractivity contribution in [2.24, 2.45) is 11.8 Å². The Morgan fingerprint density at radius 3 is 2.24 bits per heavy atom. The summed E-state index contributed by atoms with van der Waals surface area (Å²) in [5.74, 6) is 0.300. The number of rotatable bonds is 18. The lowest BCUT2D eigenvalue weighted by Crippen LogP contribution is -2.55. The molecule has 1 saturated carbocycles. The molecule has 6 aromatic rings. The third-order valence-corrected chi connectivity index (χ3v) is 20.5. The van der Waals surface area contributed by atoms with Crippen LogP contribution in [0.1, 0.15) is 111 Å². The van der Waals surface area contributed by atoms with Gasteiger partial charge in [-0.25, -0.2) is 9.97 Å². The van der Waals surface area contributed by atoms with Crippen molar-refractivity contribution in [1.29, 1.82) is 0 Å². The number of ether oxygens (including phenoxy) is 2. The van der Waals surface area contributed by atoms with Crippen molar-refractivity contribution in [2.45, 2.75) is 146 Å². The third-order valence-electron chi connectivity index (χ3n) is 19.5. The van der Waals surface area contributed by atoms with E-state index in [1.54, 1.807) is 34.4 Å². The first-order valence-electron chi connectivity index (χ1n) is 31.6. The van der Waals surface area contributed by atoms with Crippen molar-refractivity contribution in [2.75, 3.05) is 67.9 Å². The number of piperidine rings is 2. The highest BCUT2D eigenvalue weighted by Gasteiger charge is 2.47. The molecule has 3 aromatic carbocycles. The molecule has 6 aliphatic heterocycles. The Kier molecular flexibility index (Phi) is 17.1. The van der Waals surface area contributed by atoms with E-state index in [1.807, 2.05) is 98.0 Å². The zero-order valence-corrected chi connectivity index (χ0v) is 51.2. The van der Waals surface area contributed by atoms with Gasteiger partial charge in [-0.3, -0.25) is 19.2 Å². The van der Waals surface area contributed by atoms with Gasteiger partial charge in [0.1, 0.15) is 23.9 Å². The number of benzene rings is 3. The number of nitrogens with zero attached hydrogens (tertiary/aromatic N) is 10. The van der Waals surface area contributed by atoms with E-state index >= 15 is 0 Å². The number of aliphatic hydroxyl groups excluding tert-OH is 1. The number of hydrogen-bond acceptors (Lipinski definition) is 17. The number of piperazine rings is 1. The molecule has 3 aromatic heterocycles. The van der Waals surface area contributed by atoms with Crippen molar-refractivity contribution in [3.63, 3.8) is 0 Å². The molecule has 462 valence electrons. The second kappa shape index (κ2) is 25.4. The number of aliphatic hydroxyl groups is 1. The van der Waals surface area contributed by atoms with Crippen LogP contribution in [0.2, 0.25) is 0 Å². The van der Waals surface area contributed by atoms with Crippen molar-refractivity contribution in [3.8, 4) is 33.3 Å². The predicted molar refractivity (Wildman–Crippen MR) is 335 cm³/mol. The maximum absolute atomic E-state index is 14.6. The number of fused-ring (bicyclic) bond motifs is 3. The van der Waals surface area contributed by atoms with Gasteiger partial charge in [-0.1, -0.05) is 68.4 Å². The molecule has 5 N–H and O–H groups in total. The number of likely N-dealkylation sites (tertiary alicyclic amines) is 3. The zero-order chi connectivity index (χ0) is 60.7. The fourth-order valence-electron chi connectivity index (χ4n) is 14.8. The smallest absolute Gasteiger partial charge is 0.255 e. The number of nitrogen functional groups attached to an aromatic ring is 1. The topological polar surface area (TPSA) is 236 Å². The number of para-hydroxylation sites is 1. The molecular weight excluding hydrogens is 1130 g/mol. The van der Waals surface area contributed by atoms with E-state index in [2.05, 4.69) is 52.3 Å². The molecule has 20 nitrogen and oxygen atoms in total. The van der Waals surface area contributed by atoms with Crippen LogP contribution in [0.25, 0.3) is 21.7 Å². The van der Waals surface area contributed by atoms with Gasteiger partial charge < -0.3 is 60.1 Å². The van der Waals surface area contributed by atoms with Gasteiger partial charge in [0.25, 0.3) is 5.91 Å². The molecule has 2 unspecified atom stereocenters. The second-order valence-corrected chi connectivity index (χ2v) is 26.5. The minimum absolute atomic E-state index is 0.0333. The van der Waals surface area contributed by atoms with E-state index in [0.29, 0.717) is 54.1 Å². The average molecular weight is 1210 g/mol. The monoisotopic (exact) mass is 1210 g/mol. The largest absolute Gasteiger partial charge is 0.507 e. The van der Waals surface area contributed by atoms with Gasteiger partial charge in [0.15, 0.2) is 5.82 Å². The van der Waals surface area contributed by atoms with Gasteiger partial charge >= 0.3 is 0 Å². The van der Waals surface area contributed by atoms with Crippen molar-refractivity contribution in [3.05, 3.63) is 125 Å². The zero-order valence-electron chi connectivity index (χ0n) is 50.4. The number of aromatic nitrogens is 4. The minimum atomic E-state index is -0.990. The fourth-order valence-corrected chi connectivity index (χ4v) is 15.6. The summed E-state index contributed by atoms with van der Waals surface area (Å²) in [7, 11) is 0. The van der Waals surface area contributed by atoms with E-state index in [-0.39, 0.29) is 79.2 Å². The van der Waals surface area contributed by atoms with Crippen LogP contribution < -0.4 is 25.6 Å². The molecule has 9 heterocycles. The Hall–Kier alpha value is -7.72. The number of carbonyl (C=O) groups excluding carboxylic acids is 4. The van der Waals surface area contributed by atoms with Crippen LogP contribution in [0, 0.1) is 18.8 Å². The minimum Gasteiger partial charge on any atom is -0.507 e. The van der Waals surface area contributed by atoms with Gasteiger partial charge in [0.2, 0.25) is 23.6 Å². The van der Waals surface area contributed by atoms with Gasteiger partial charge in [-0.05, 0) is 104 Å². The van der Waals surface area contributed by atoms with Crippen molar-refractivity contribution in [1.82, 2.24) is 45.1 Å². The van der Waals surface area contributed by atoms with Crippen LogP contribution >= 0.6 is 11.3 Å². The van der Waals surface area contributed by atoms with Crippen LogP contribution in [-0.2, 0) is 25.7 Å². The summed E-state index contributed by atoms with van der Waals surface area (Å²) in [6, 6.07) is 26.6. The standard InChI is InChI=1S/C67H80N12O8S/c1-40(2)62(78-35-45-8-4-5-9-53(45)66(78)84)67(85)77-38-49(80)29-58(77)65(83)71-55(43-12-14-44(15-13-43)63-41(3)70-39-88-63)33-61(82)75-26-19-42(20-27-75)34-74-24-21-50(22-25-74)86-51-30-52(31-51)87-60-28-46(18-23-69-60)79-47-16-17-48(79)37-76(36-47)57-32-56(72-73-64(57)68)54-10-6-7-11-59(54)81/h4-15,18,23,28,32,39-40,42,47-52,55,58,62,80-81H,16-17,19-22,24-27,29-31,33-38H2,1-3H3,(H2,68,73)(H,71,83)/t47?,48?,49-,51-,52-,55+,58+,62-/m1/s1. The number of phenols is 1. The number of β-amino-alcohol motifs (C(OH)–C–C–N with tert-alkyl or cyclic N) is 1. The lowest BCUT2D eigenvalue weighted by molar-refractivity contribution is -0.144. The number of thiazole rings is 1. The van der Waals surface area contributed by atoms with Crippen molar-refractivity contribution >= 4 is 52.2 Å². The molecule has 1 aliphatic carbocycles. The Morgan fingerprint density at radius 2 is 1.53 bits per heavy atom. The summed E-state index contributed by atoms with van der Waals surface area (Å²) in [5.41, 5.74) is 15.5. The normalized spacial score (nSPS) is 24.0. The van der Waals surface area contributed by atoms with Crippen LogP contribution in [-0.4, -0.2) is 175 Å². The lowest BCUT2D eigenvalue weighted by atomic mass is 9.91. The maximum atomic E-state index is 14.6. The van der Waals surface area contributed by atoms with Crippen LogP contribution in [0.15, 0.2) is 103 Å². The summed E-state index contributed by atoms with van der Waals surface area (Å²) < 4.78 is 13.1. The Balaban J connectivity index is 0.566. The summed E-state index contributed by atoms with van der Waals surface area (Å²) in [6.07, 6.45) is 9.00. The van der Waals surface area contributed by atoms with Gasteiger partial charge in [-0.2, -0.15) is 0 Å². The molecule has 5 saturated heterocycles. The number of carbonyl (C=O) groups is 4. The molecule has 13 rings (SSSR count). The van der Waals surface area contributed by atoms with Gasteiger partial charge in [0, 0.05) is 119 Å². The van der Waals surface area contributed by atoms with E-state index in [4.69, 9.17) is 15.2 Å². The summed E-state index contributed by atoms with van der Waals surface area (Å²) in [4.78, 5) is 79.7. The van der Waals surface area contributed by atoms with E-state index in [0.717, 1.165) is 123 Å². The molecule has 88 heavy (non-hydrogen) atoms. The molecule has 6 fully saturated rings. The van der Waals surface area contributed by atoms with Crippen LogP contribution in [0.5, 0.6) is 11.6 Å². The highest BCUT2D eigenvalue weighted by atomic mass is 32.1. The number of aromatic hydroxyl groups is 1. The molecule has 0 spiro atoms. The Morgan fingerprint density at radius 1 is 0.807 bits per heavy atom. The van der Waals surface area contributed by atoms with E-state index < -0.39 is 30.1 Å². The first-order valence-corrected chi connectivity index (χ1v) is 32.5. The SMILES string of the molecule is Cc1ncsc1-c1ccc([C@H](CC(=O)N2CCC(CN3CCC(O[C@H]4C[C@H](Oc5cc(N6C7CCC6CN(c6cc(-c8ccccc8O)nnc6N)C7)ccn5)C4)CC3)CC2)NC(=O)[C@@H]2C[C@@H](O)CN2C(=O)[C@@H](C(C)C)N2Cc3ccccc3C2=O)cc1. The van der Waals surface area contributed by atoms with E-state index in [9.17, 15) is 29.4 Å². The molecule has 0 radical (unpaired) electrons. The van der Waals surface area contributed by atoms with Gasteiger partial charge in [-0.15, -0.1) is 21.5 Å². The number of amides is 4. The molecule has 7 aliphatic rings. The summed E-state index contributed by atoms with van der Waals surface area (Å²) in [5, 5.41) is 33.3. The lowest BCUT2D eigenvalue weighted by Gasteiger charge is -2.43. The third kappa shape index (κ3) is 12.4. The molecule has 2 bridgehead atoms. The molecular formula is C67H80N12O8S. The van der Waals surface area contributed by atoms with Crippen LogP contribution in [0.3, 0.4) is 0 Å². The Labute approximate surface area is 518 Å². The number of phenolic OH excluding ortho intramolecular Hbond substituents is 1. The average Bonchev–Trinajstić information content (AvgIpc) is 1.95. The first kappa shape index (κ1) is 59.3. The highest BCUT2D eigenvalue weighted by molar-refractivity contribution is 7.13. The predicted octanol–water partition coefficient (Wildman–Crippen LogP) is 7.64. The quantitative estimate of drug-likeness (QED) is 0.0647. The van der Waals surface area contributed by atoms with Gasteiger partial charge in [0.05, 0.1) is 58.2 Å². The second-order valence-electron chi connectivity index (χ2n) is 25.7. The van der Waals surface area contributed by atoms with Crippen molar-refractivity contribution < 1.29 is 38.9 Å². The summed E-state index contributed by atoms with van der Waals surface area (Å²) in [6.45, 7) is 11.8. The number of nitrogens with two attached hydrogens (primary N) is 1. The number of aryl methyl sites for hydroxylation is 1. The molecule has 4 amide bonds. The summed E-state index contributed by atoms with van der Waals surface area (Å²) >= 11 is 1.56. The van der Waals surface area contributed by atoms with Crippen LogP contribution in [0.4, 0.5) is 17.2 Å². The number of anilines is 3. The maximum Gasteiger partial charge on any atom is 0.255 e.